The van der Waals surface area contributed by atoms with E-state index >= 15 is 0 Å². The van der Waals surface area contributed by atoms with Gasteiger partial charge in [0.05, 0.1) is 5.52 Å². The molecule has 86 valence electrons. The molecule has 0 saturated carbocycles. The third-order valence-corrected chi connectivity index (χ3v) is 2.63. The lowest BCUT2D eigenvalue weighted by Gasteiger charge is -2.19. The molecule has 3 rings (SSSR count). The van der Waals surface area contributed by atoms with E-state index < -0.39 is 5.91 Å². The molecule has 0 atom stereocenters. The van der Waals surface area contributed by atoms with Crippen molar-refractivity contribution in [2.75, 3.05) is 13.2 Å². The van der Waals surface area contributed by atoms with Gasteiger partial charge in [-0.3, -0.25) is 4.79 Å². The van der Waals surface area contributed by atoms with Crippen molar-refractivity contribution in [3.63, 3.8) is 0 Å². The minimum Gasteiger partial charge on any atom is -0.486 e. The molecule has 1 aromatic heterocycles. The van der Waals surface area contributed by atoms with Gasteiger partial charge < -0.3 is 15.2 Å². The van der Waals surface area contributed by atoms with Gasteiger partial charge in [-0.15, -0.1) is 0 Å². The number of carbonyl (C=O) groups is 1. The van der Waals surface area contributed by atoms with Crippen LogP contribution in [0.5, 0.6) is 11.5 Å². The van der Waals surface area contributed by atoms with E-state index in [2.05, 4.69) is 4.98 Å². The molecule has 1 aliphatic heterocycles. The van der Waals surface area contributed by atoms with Crippen molar-refractivity contribution in [2.24, 2.45) is 5.73 Å². The van der Waals surface area contributed by atoms with E-state index in [0.29, 0.717) is 30.2 Å². The minimum absolute atomic E-state index is 0.245. The van der Waals surface area contributed by atoms with Gasteiger partial charge in [-0.05, 0) is 24.3 Å². The highest BCUT2D eigenvalue weighted by atomic mass is 16.6. The molecule has 2 N–H and O–H groups in total. The molecule has 5 heteroatoms. The number of fused-ring (bicyclic) bond motifs is 3. The number of hydrogen-bond donors (Lipinski definition) is 1. The Morgan fingerprint density at radius 2 is 2.00 bits per heavy atom. The Balaban J connectivity index is 2.24. The number of nitrogens with two attached hydrogens (primary N) is 1. The average molecular weight is 230 g/mol. The molecule has 0 unspecified atom stereocenters. The summed E-state index contributed by atoms with van der Waals surface area (Å²) in [5, 5.41) is 0.826. The largest absolute Gasteiger partial charge is 0.486 e. The van der Waals surface area contributed by atoms with E-state index in [4.69, 9.17) is 15.2 Å². The lowest BCUT2D eigenvalue weighted by molar-refractivity contribution is 0.0996. The van der Waals surface area contributed by atoms with Crippen LogP contribution in [0.3, 0.4) is 0 Å². The standard InChI is InChI=1S/C12H10N2O3/c13-12(15)9-2-1-7-8(14-9)3-4-10-11(7)17-6-5-16-10/h1-4H,5-6H2,(H2,13,15). The first-order valence-electron chi connectivity index (χ1n) is 5.25. The quantitative estimate of drug-likeness (QED) is 0.796. The van der Waals surface area contributed by atoms with E-state index in [1.165, 1.54) is 0 Å². The molecule has 0 saturated heterocycles. The number of aromatic nitrogens is 1. The zero-order valence-corrected chi connectivity index (χ0v) is 8.97. The van der Waals surface area contributed by atoms with Crippen molar-refractivity contribution < 1.29 is 14.3 Å². The van der Waals surface area contributed by atoms with Crippen LogP contribution in [0.1, 0.15) is 10.5 Å². The minimum atomic E-state index is -0.540. The maximum absolute atomic E-state index is 11.0. The number of ether oxygens (including phenoxy) is 2. The van der Waals surface area contributed by atoms with Crippen LogP contribution in [0.4, 0.5) is 0 Å². The van der Waals surface area contributed by atoms with Gasteiger partial charge in [-0.1, -0.05) is 0 Å². The van der Waals surface area contributed by atoms with Crippen LogP contribution < -0.4 is 15.2 Å². The van der Waals surface area contributed by atoms with Gasteiger partial charge in [0.1, 0.15) is 18.9 Å². The Hall–Kier alpha value is -2.30. The number of carbonyl (C=O) groups excluding carboxylic acids is 1. The molecule has 0 aliphatic carbocycles. The number of nitrogens with zero attached hydrogens (tertiary/aromatic N) is 1. The van der Waals surface area contributed by atoms with E-state index in [9.17, 15) is 4.79 Å². The topological polar surface area (TPSA) is 74.4 Å². The Morgan fingerprint density at radius 1 is 1.18 bits per heavy atom. The second-order valence-electron chi connectivity index (χ2n) is 3.72. The van der Waals surface area contributed by atoms with Gasteiger partial charge in [0.25, 0.3) is 5.91 Å². The Labute approximate surface area is 97.2 Å². The number of amides is 1. The van der Waals surface area contributed by atoms with E-state index in [1.54, 1.807) is 24.3 Å². The zero-order chi connectivity index (χ0) is 11.8. The Morgan fingerprint density at radius 3 is 2.82 bits per heavy atom. The van der Waals surface area contributed by atoms with Crippen molar-refractivity contribution in [3.05, 3.63) is 30.0 Å². The summed E-state index contributed by atoms with van der Waals surface area (Å²) in [5.41, 5.74) is 6.10. The Kier molecular flexibility index (Phi) is 2.11. The third kappa shape index (κ3) is 1.56. The summed E-state index contributed by atoms with van der Waals surface area (Å²) in [6.45, 7) is 1.06. The molecule has 1 amide bonds. The van der Waals surface area contributed by atoms with Gasteiger partial charge in [0, 0.05) is 5.39 Å². The molecule has 2 heterocycles. The number of primary amides is 1. The van der Waals surface area contributed by atoms with Gasteiger partial charge >= 0.3 is 0 Å². The van der Waals surface area contributed by atoms with E-state index in [-0.39, 0.29) is 5.69 Å². The highest BCUT2D eigenvalue weighted by Gasteiger charge is 2.16. The molecule has 0 fully saturated rings. The fraction of sp³-hybridized carbons (Fsp3) is 0.167. The van der Waals surface area contributed by atoms with Crippen LogP contribution in [0.2, 0.25) is 0 Å². The highest BCUT2D eigenvalue weighted by molar-refractivity contribution is 5.95. The number of benzene rings is 1. The van der Waals surface area contributed by atoms with Gasteiger partial charge in [0.2, 0.25) is 0 Å². The fourth-order valence-corrected chi connectivity index (χ4v) is 1.85. The normalized spacial score (nSPS) is 13.6. The predicted molar refractivity (Wildman–Crippen MR) is 61.3 cm³/mol. The Bertz CT molecular complexity index is 610. The van der Waals surface area contributed by atoms with Gasteiger partial charge in [-0.25, -0.2) is 4.98 Å². The number of hydrogen-bond acceptors (Lipinski definition) is 4. The molecule has 0 spiro atoms. The maximum Gasteiger partial charge on any atom is 0.267 e. The first kappa shape index (κ1) is 9.89. The van der Waals surface area contributed by atoms with Crippen LogP contribution in [0, 0.1) is 0 Å². The van der Waals surface area contributed by atoms with Crippen LogP contribution in [-0.2, 0) is 0 Å². The average Bonchev–Trinajstić information content (AvgIpc) is 2.38. The smallest absolute Gasteiger partial charge is 0.267 e. The molecule has 5 nitrogen and oxygen atoms in total. The van der Waals surface area contributed by atoms with Crippen LogP contribution in [0.25, 0.3) is 10.9 Å². The monoisotopic (exact) mass is 230 g/mol. The van der Waals surface area contributed by atoms with Gasteiger partial charge in [-0.2, -0.15) is 0 Å². The van der Waals surface area contributed by atoms with E-state index in [1.807, 2.05) is 0 Å². The second kappa shape index (κ2) is 3.62. The molecule has 17 heavy (non-hydrogen) atoms. The van der Waals surface area contributed by atoms with E-state index in [0.717, 1.165) is 5.39 Å². The molecule has 1 aromatic carbocycles. The zero-order valence-electron chi connectivity index (χ0n) is 8.97. The summed E-state index contributed by atoms with van der Waals surface area (Å²) in [4.78, 5) is 15.2. The lowest BCUT2D eigenvalue weighted by atomic mass is 10.1. The maximum atomic E-state index is 11.0. The lowest BCUT2D eigenvalue weighted by Crippen LogP contribution is -2.16. The van der Waals surface area contributed by atoms with Gasteiger partial charge in [0.15, 0.2) is 11.5 Å². The van der Waals surface area contributed by atoms with Crippen molar-refractivity contribution in [3.8, 4) is 11.5 Å². The molecule has 0 bridgehead atoms. The third-order valence-electron chi connectivity index (χ3n) is 2.63. The molecular weight excluding hydrogens is 220 g/mol. The summed E-state index contributed by atoms with van der Waals surface area (Å²) in [6, 6.07) is 6.93. The summed E-state index contributed by atoms with van der Waals surface area (Å²) >= 11 is 0. The van der Waals surface area contributed by atoms with Crippen molar-refractivity contribution in [1.82, 2.24) is 4.98 Å². The first-order valence-corrected chi connectivity index (χ1v) is 5.25. The summed E-state index contributed by atoms with van der Waals surface area (Å²) in [5.74, 6) is 0.844. The molecule has 1 aliphatic rings. The molecular formula is C12H10N2O3. The van der Waals surface area contributed by atoms with Crippen molar-refractivity contribution in [1.29, 1.82) is 0 Å². The summed E-state index contributed by atoms with van der Waals surface area (Å²) in [6.07, 6.45) is 0. The van der Waals surface area contributed by atoms with Crippen molar-refractivity contribution >= 4 is 16.8 Å². The summed E-state index contributed by atoms with van der Waals surface area (Å²) in [7, 11) is 0. The predicted octanol–water partition coefficient (Wildman–Crippen LogP) is 1.10. The first-order chi connectivity index (χ1) is 8.25. The summed E-state index contributed by atoms with van der Waals surface area (Å²) < 4.78 is 11.0. The van der Waals surface area contributed by atoms with Crippen LogP contribution in [-0.4, -0.2) is 24.1 Å². The van der Waals surface area contributed by atoms with Crippen LogP contribution in [0.15, 0.2) is 24.3 Å². The van der Waals surface area contributed by atoms with Crippen LogP contribution >= 0.6 is 0 Å². The number of rotatable bonds is 1. The highest BCUT2D eigenvalue weighted by Crippen LogP contribution is 2.36. The molecule has 0 radical (unpaired) electrons. The fourth-order valence-electron chi connectivity index (χ4n) is 1.85. The number of pyridine rings is 1. The SMILES string of the molecule is NC(=O)c1ccc2c3c(ccc2n1)OCCO3. The van der Waals surface area contributed by atoms with Crippen molar-refractivity contribution in [2.45, 2.75) is 0 Å². The molecule has 2 aromatic rings. The second-order valence-corrected chi connectivity index (χ2v) is 3.72.